The van der Waals surface area contributed by atoms with E-state index in [0.717, 1.165) is 5.56 Å². The number of para-hydroxylation sites is 1. The molecule has 0 radical (unpaired) electrons. The highest BCUT2D eigenvalue weighted by atomic mass is 31.2. The molecule has 106 valence electrons. The van der Waals surface area contributed by atoms with Gasteiger partial charge in [-0.15, -0.1) is 0 Å². The van der Waals surface area contributed by atoms with E-state index in [4.69, 9.17) is 9.05 Å². The van der Waals surface area contributed by atoms with Crippen molar-refractivity contribution in [2.45, 2.75) is 19.4 Å². The highest BCUT2D eigenvalue weighted by molar-refractivity contribution is 7.47. The summed E-state index contributed by atoms with van der Waals surface area (Å²) in [5.74, 6) is 0.310. The second-order valence-corrected chi connectivity index (χ2v) is 5.81. The first-order valence-electron chi connectivity index (χ1n) is 6.35. The van der Waals surface area contributed by atoms with E-state index in [1.807, 2.05) is 30.3 Å². The molecule has 0 saturated heterocycles. The lowest BCUT2D eigenvalue weighted by atomic mass is 10.1. The molecule has 0 bridgehead atoms. The van der Waals surface area contributed by atoms with Gasteiger partial charge in [0, 0.05) is 0 Å². The van der Waals surface area contributed by atoms with Gasteiger partial charge in [0.15, 0.2) is 0 Å². The van der Waals surface area contributed by atoms with Crippen LogP contribution >= 0.6 is 7.82 Å². The maximum Gasteiger partial charge on any atom is 0.527 e. The number of benzene rings is 2. The van der Waals surface area contributed by atoms with Crippen LogP contribution in [0.5, 0.6) is 5.75 Å². The molecule has 0 aliphatic heterocycles. The molecular formula is C15H17O4P. The lowest BCUT2D eigenvalue weighted by Gasteiger charge is -2.18. The maximum atomic E-state index is 11.9. The molecule has 2 aromatic rings. The second kappa shape index (κ2) is 6.71. The van der Waals surface area contributed by atoms with Gasteiger partial charge in [-0.25, -0.2) is 4.57 Å². The minimum atomic E-state index is -4.11. The lowest BCUT2D eigenvalue weighted by molar-refractivity contribution is 0.150. The largest absolute Gasteiger partial charge is 0.527 e. The van der Waals surface area contributed by atoms with Crippen LogP contribution in [0.1, 0.15) is 12.5 Å². The van der Waals surface area contributed by atoms with Crippen molar-refractivity contribution in [1.82, 2.24) is 0 Å². The molecule has 1 unspecified atom stereocenters. The summed E-state index contributed by atoms with van der Waals surface area (Å²) in [5, 5.41) is 0. The van der Waals surface area contributed by atoms with Gasteiger partial charge >= 0.3 is 7.82 Å². The highest BCUT2D eigenvalue weighted by Gasteiger charge is 2.26. The Kier molecular flexibility index (Phi) is 4.96. The summed E-state index contributed by atoms with van der Waals surface area (Å²) in [7, 11) is -4.11. The molecule has 1 N–H and O–H groups in total. The van der Waals surface area contributed by atoms with Crippen LogP contribution in [-0.4, -0.2) is 11.0 Å². The standard InChI is InChI=1S/C15H17O4P/c1-13(12-14-8-4-2-5-9-14)18-20(16,17)19-15-10-6-3-7-11-15/h2-11,13H,12H2,1H3,(H,16,17)/t13-/m0/s1. The second-order valence-electron chi connectivity index (χ2n) is 4.48. The fraction of sp³-hybridized carbons (Fsp3) is 0.200. The van der Waals surface area contributed by atoms with E-state index in [9.17, 15) is 9.46 Å². The molecule has 0 spiro atoms. The van der Waals surface area contributed by atoms with E-state index < -0.39 is 13.9 Å². The predicted octanol–water partition coefficient (Wildman–Crippen LogP) is 3.81. The summed E-state index contributed by atoms with van der Waals surface area (Å²) >= 11 is 0. The molecular weight excluding hydrogens is 275 g/mol. The zero-order chi connectivity index (χ0) is 14.4. The monoisotopic (exact) mass is 292 g/mol. The third-order valence-electron chi connectivity index (χ3n) is 2.64. The van der Waals surface area contributed by atoms with Crippen LogP contribution in [0.3, 0.4) is 0 Å². The first-order valence-corrected chi connectivity index (χ1v) is 7.84. The summed E-state index contributed by atoms with van der Waals surface area (Å²) in [5.41, 5.74) is 1.04. The summed E-state index contributed by atoms with van der Waals surface area (Å²) in [6, 6.07) is 18.1. The van der Waals surface area contributed by atoms with Gasteiger partial charge in [-0.1, -0.05) is 48.5 Å². The van der Waals surface area contributed by atoms with Crippen molar-refractivity contribution >= 4 is 7.82 Å². The van der Waals surface area contributed by atoms with Crippen molar-refractivity contribution in [3.8, 4) is 5.75 Å². The van der Waals surface area contributed by atoms with Gasteiger partial charge in [-0.2, -0.15) is 0 Å². The van der Waals surface area contributed by atoms with Crippen LogP contribution in [0.4, 0.5) is 0 Å². The van der Waals surface area contributed by atoms with Crippen molar-refractivity contribution in [3.63, 3.8) is 0 Å². The van der Waals surface area contributed by atoms with E-state index in [0.29, 0.717) is 12.2 Å². The molecule has 0 amide bonds. The van der Waals surface area contributed by atoms with Gasteiger partial charge in [-0.3, -0.25) is 9.42 Å². The first-order chi connectivity index (χ1) is 9.55. The van der Waals surface area contributed by atoms with Crippen molar-refractivity contribution in [2.24, 2.45) is 0 Å². The van der Waals surface area contributed by atoms with Crippen LogP contribution in [0, 0.1) is 0 Å². The minimum Gasteiger partial charge on any atom is -0.404 e. The Morgan fingerprint density at radius 3 is 2.20 bits per heavy atom. The van der Waals surface area contributed by atoms with E-state index in [2.05, 4.69) is 0 Å². The van der Waals surface area contributed by atoms with E-state index in [1.54, 1.807) is 37.3 Å². The van der Waals surface area contributed by atoms with Crippen LogP contribution in [-0.2, 0) is 15.5 Å². The summed E-state index contributed by atoms with van der Waals surface area (Å²) < 4.78 is 22.0. The molecule has 0 aromatic heterocycles. The zero-order valence-electron chi connectivity index (χ0n) is 11.2. The fourth-order valence-corrected chi connectivity index (χ4v) is 2.81. The molecule has 0 fully saturated rings. The van der Waals surface area contributed by atoms with Crippen LogP contribution in [0.15, 0.2) is 60.7 Å². The minimum absolute atomic E-state index is 0.310. The van der Waals surface area contributed by atoms with Crippen molar-refractivity contribution < 1.29 is 18.5 Å². The fourth-order valence-electron chi connectivity index (χ4n) is 1.85. The Morgan fingerprint density at radius 2 is 1.60 bits per heavy atom. The molecule has 0 saturated carbocycles. The normalized spacial score (nSPS) is 15.3. The predicted molar refractivity (Wildman–Crippen MR) is 77.6 cm³/mol. The number of phosphoric ester groups is 1. The molecule has 0 aliphatic rings. The molecule has 2 rings (SSSR count). The molecule has 2 atom stereocenters. The number of rotatable bonds is 6. The Bertz CT molecular complexity index is 571. The van der Waals surface area contributed by atoms with Gasteiger partial charge in [0.25, 0.3) is 0 Å². The van der Waals surface area contributed by atoms with Gasteiger partial charge in [-0.05, 0) is 31.0 Å². The van der Waals surface area contributed by atoms with Crippen LogP contribution in [0.2, 0.25) is 0 Å². The third kappa shape index (κ3) is 4.82. The number of hydrogen-bond acceptors (Lipinski definition) is 3. The molecule has 0 aliphatic carbocycles. The van der Waals surface area contributed by atoms with Crippen molar-refractivity contribution in [2.75, 3.05) is 0 Å². The summed E-state index contributed by atoms with van der Waals surface area (Å²) in [6.45, 7) is 1.74. The van der Waals surface area contributed by atoms with E-state index >= 15 is 0 Å². The Labute approximate surface area is 118 Å². The smallest absolute Gasteiger partial charge is 0.404 e. The van der Waals surface area contributed by atoms with Gasteiger partial charge in [0.05, 0.1) is 6.10 Å². The molecule has 5 heteroatoms. The molecule has 2 aromatic carbocycles. The number of hydrogen-bond donors (Lipinski definition) is 1. The average Bonchev–Trinajstić information content (AvgIpc) is 2.39. The van der Waals surface area contributed by atoms with Crippen molar-refractivity contribution in [3.05, 3.63) is 66.2 Å². The van der Waals surface area contributed by atoms with E-state index in [-0.39, 0.29) is 0 Å². The summed E-state index contributed by atoms with van der Waals surface area (Å²) in [4.78, 5) is 9.73. The van der Waals surface area contributed by atoms with Crippen LogP contribution in [0.25, 0.3) is 0 Å². The van der Waals surface area contributed by atoms with Gasteiger partial charge in [0.2, 0.25) is 0 Å². The Morgan fingerprint density at radius 1 is 1.05 bits per heavy atom. The molecule has 4 nitrogen and oxygen atoms in total. The molecule has 20 heavy (non-hydrogen) atoms. The SMILES string of the molecule is C[C@@H](Cc1ccccc1)OP(=O)(O)Oc1ccccc1. The van der Waals surface area contributed by atoms with Crippen molar-refractivity contribution in [1.29, 1.82) is 0 Å². The topological polar surface area (TPSA) is 55.8 Å². The highest BCUT2D eigenvalue weighted by Crippen LogP contribution is 2.45. The first kappa shape index (κ1) is 14.8. The molecule has 0 heterocycles. The maximum absolute atomic E-state index is 11.9. The lowest BCUT2D eigenvalue weighted by Crippen LogP contribution is -2.12. The van der Waals surface area contributed by atoms with Crippen LogP contribution < -0.4 is 4.52 Å². The quantitative estimate of drug-likeness (QED) is 0.822. The van der Waals surface area contributed by atoms with Gasteiger partial charge < -0.3 is 4.52 Å². The zero-order valence-corrected chi connectivity index (χ0v) is 12.1. The van der Waals surface area contributed by atoms with Gasteiger partial charge in [0.1, 0.15) is 5.75 Å². The summed E-state index contributed by atoms with van der Waals surface area (Å²) in [6.07, 6.45) is 0.126. The third-order valence-corrected chi connectivity index (χ3v) is 3.71. The Hall–Kier alpha value is -1.61. The number of phosphoric acid groups is 1. The Balaban J connectivity index is 1.92. The van der Waals surface area contributed by atoms with E-state index in [1.165, 1.54) is 0 Å². The average molecular weight is 292 g/mol.